The molecule has 2 saturated heterocycles. The third-order valence-electron chi connectivity index (χ3n) is 3.76. The van der Waals surface area contributed by atoms with E-state index in [1.54, 1.807) is 0 Å². The fraction of sp³-hybridized carbons (Fsp3) is 0.500. The van der Waals surface area contributed by atoms with Crippen LogP contribution in [0.5, 0.6) is 5.75 Å². The van der Waals surface area contributed by atoms with E-state index in [0.717, 1.165) is 30.4 Å². The van der Waals surface area contributed by atoms with Gasteiger partial charge in [-0.1, -0.05) is 0 Å². The normalized spacial score (nSPS) is 25.6. The molecule has 102 valence electrons. The van der Waals surface area contributed by atoms with E-state index in [2.05, 4.69) is 0 Å². The van der Waals surface area contributed by atoms with E-state index in [0.29, 0.717) is 0 Å². The van der Waals surface area contributed by atoms with Crippen LogP contribution in [0, 0.1) is 15.9 Å². The molecule has 0 aliphatic carbocycles. The van der Waals surface area contributed by atoms with Crippen molar-refractivity contribution in [3.63, 3.8) is 0 Å². The van der Waals surface area contributed by atoms with Gasteiger partial charge in [-0.05, 0) is 12.8 Å². The van der Waals surface area contributed by atoms with Gasteiger partial charge in [0.15, 0.2) is 11.6 Å². The molecule has 2 bridgehead atoms. The first-order valence-corrected chi connectivity index (χ1v) is 7.26. The number of hydrogen-bond acceptors (Lipinski definition) is 5. The van der Waals surface area contributed by atoms with Crippen LogP contribution in [0.4, 0.5) is 15.8 Å². The van der Waals surface area contributed by atoms with Crippen LogP contribution in [-0.2, 0) is 0 Å². The van der Waals surface area contributed by atoms with Crippen LogP contribution < -0.4 is 4.90 Å². The molecular weight excluding hydrogens is 271 g/mol. The average Bonchev–Trinajstić information content (AvgIpc) is 2.61. The number of aromatic hydroxyl groups is 1. The van der Waals surface area contributed by atoms with Gasteiger partial charge < -0.3 is 10.0 Å². The van der Waals surface area contributed by atoms with Crippen molar-refractivity contribution in [1.82, 2.24) is 0 Å². The first-order chi connectivity index (χ1) is 9.08. The van der Waals surface area contributed by atoms with Crippen LogP contribution in [0.25, 0.3) is 0 Å². The largest absolute Gasteiger partial charge is 0.502 e. The Labute approximate surface area is 113 Å². The number of benzene rings is 1. The number of rotatable bonds is 2. The van der Waals surface area contributed by atoms with E-state index in [-0.39, 0.29) is 17.8 Å². The summed E-state index contributed by atoms with van der Waals surface area (Å²) >= 11 is 1.86. The summed E-state index contributed by atoms with van der Waals surface area (Å²) in [6.07, 6.45) is 2.02. The van der Waals surface area contributed by atoms with Crippen LogP contribution >= 0.6 is 11.8 Å². The minimum absolute atomic E-state index is 0.263. The Morgan fingerprint density at radius 3 is 2.58 bits per heavy atom. The zero-order valence-electron chi connectivity index (χ0n) is 10.1. The highest BCUT2D eigenvalue weighted by Crippen LogP contribution is 2.42. The topological polar surface area (TPSA) is 66.6 Å². The third kappa shape index (κ3) is 2.01. The summed E-state index contributed by atoms with van der Waals surface area (Å²) in [6, 6.07) is 2.53. The molecule has 2 atom stereocenters. The predicted octanol–water partition coefficient (Wildman–Crippen LogP) is 2.52. The van der Waals surface area contributed by atoms with Crippen molar-refractivity contribution in [2.75, 3.05) is 16.4 Å². The van der Waals surface area contributed by atoms with E-state index >= 15 is 0 Å². The Balaban J connectivity index is 2.02. The molecule has 2 heterocycles. The van der Waals surface area contributed by atoms with Gasteiger partial charge in [0, 0.05) is 29.7 Å². The Morgan fingerprint density at radius 2 is 2.00 bits per heavy atom. The predicted molar refractivity (Wildman–Crippen MR) is 71.3 cm³/mol. The lowest BCUT2D eigenvalue weighted by Crippen LogP contribution is -2.43. The molecule has 1 aromatic carbocycles. The standard InChI is InChI=1S/C12H13FN2O3S/c13-9-3-11(15(17)18)12(16)4-10(9)14-7-1-2-8(14)6-19-5-7/h3-4,7-8,16H,1-2,5-6H2. The van der Waals surface area contributed by atoms with E-state index in [9.17, 15) is 19.6 Å². The summed E-state index contributed by atoms with van der Waals surface area (Å²) in [4.78, 5) is 11.9. The van der Waals surface area contributed by atoms with Gasteiger partial charge in [-0.2, -0.15) is 11.8 Å². The summed E-state index contributed by atoms with van der Waals surface area (Å²) < 4.78 is 14.1. The number of halogens is 1. The highest BCUT2D eigenvalue weighted by atomic mass is 32.2. The van der Waals surface area contributed by atoms with E-state index in [1.807, 2.05) is 16.7 Å². The van der Waals surface area contributed by atoms with E-state index in [1.165, 1.54) is 6.07 Å². The molecule has 7 heteroatoms. The van der Waals surface area contributed by atoms with Crippen molar-refractivity contribution in [2.24, 2.45) is 0 Å². The summed E-state index contributed by atoms with van der Waals surface area (Å²) in [5.74, 6) is 0.772. The maximum atomic E-state index is 14.1. The lowest BCUT2D eigenvalue weighted by Gasteiger charge is -2.36. The number of phenolic OH excluding ortho intramolecular Hbond substituents is 1. The highest BCUT2D eigenvalue weighted by molar-refractivity contribution is 7.99. The molecule has 2 fully saturated rings. The monoisotopic (exact) mass is 284 g/mol. The lowest BCUT2D eigenvalue weighted by molar-refractivity contribution is -0.386. The van der Waals surface area contributed by atoms with E-state index in [4.69, 9.17) is 0 Å². The highest BCUT2D eigenvalue weighted by Gasteiger charge is 2.38. The molecule has 0 saturated carbocycles. The summed E-state index contributed by atoms with van der Waals surface area (Å²) in [5.41, 5.74) is -0.295. The van der Waals surface area contributed by atoms with Gasteiger partial charge >= 0.3 is 5.69 Å². The molecule has 1 aromatic rings. The van der Waals surface area contributed by atoms with Crippen molar-refractivity contribution >= 4 is 23.1 Å². The van der Waals surface area contributed by atoms with Crippen LogP contribution in [0.2, 0.25) is 0 Å². The van der Waals surface area contributed by atoms with Gasteiger partial charge in [-0.3, -0.25) is 10.1 Å². The van der Waals surface area contributed by atoms with Gasteiger partial charge in [-0.15, -0.1) is 0 Å². The quantitative estimate of drug-likeness (QED) is 0.667. The number of phenols is 1. The zero-order chi connectivity index (χ0) is 13.6. The lowest BCUT2D eigenvalue weighted by atomic mass is 10.2. The van der Waals surface area contributed by atoms with Crippen molar-refractivity contribution in [3.8, 4) is 5.75 Å². The van der Waals surface area contributed by atoms with Crippen molar-refractivity contribution < 1.29 is 14.4 Å². The van der Waals surface area contributed by atoms with Gasteiger partial charge in [0.05, 0.1) is 16.7 Å². The SMILES string of the molecule is O=[N+]([O-])c1cc(F)c(N2C3CCC2CSC3)cc1O. The van der Waals surface area contributed by atoms with Crippen LogP contribution in [-0.4, -0.2) is 33.6 Å². The number of nitro benzene ring substituents is 1. The first kappa shape index (κ1) is 12.5. The minimum Gasteiger partial charge on any atom is -0.502 e. The number of nitrogens with zero attached hydrogens (tertiary/aromatic N) is 2. The van der Waals surface area contributed by atoms with Gasteiger partial charge in [0.25, 0.3) is 0 Å². The van der Waals surface area contributed by atoms with Crippen molar-refractivity contribution in [2.45, 2.75) is 24.9 Å². The zero-order valence-corrected chi connectivity index (χ0v) is 10.9. The third-order valence-corrected chi connectivity index (χ3v) is 5.00. The van der Waals surface area contributed by atoms with Gasteiger partial charge in [0.2, 0.25) is 0 Å². The van der Waals surface area contributed by atoms with Gasteiger partial charge in [0.1, 0.15) is 0 Å². The Kier molecular flexibility index (Phi) is 3.00. The van der Waals surface area contributed by atoms with Crippen molar-refractivity contribution in [3.05, 3.63) is 28.1 Å². The maximum absolute atomic E-state index is 14.1. The molecule has 5 nitrogen and oxygen atoms in total. The molecule has 2 aliphatic heterocycles. The van der Waals surface area contributed by atoms with Crippen LogP contribution in [0.1, 0.15) is 12.8 Å². The number of thioether (sulfide) groups is 1. The molecule has 0 amide bonds. The molecule has 3 rings (SSSR count). The van der Waals surface area contributed by atoms with Gasteiger partial charge in [-0.25, -0.2) is 4.39 Å². The number of hydrogen-bond donors (Lipinski definition) is 1. The Bertz CT molecular complexity index is 524. The fourth-order valence-corrected chi connectivity index (χ4v) is 4.24. The minimum atomic E-state index is -0.775. The second-order valence-electron chi connectivity index (χ2n) is 4.88. The molecular formula is C12H13FN2O3S. The van der Waals surface area contributed by atoms with Crippen LogP contribution in [0.15, 0.2) is 12.1 Å². The molecule has 1 N–H and O–H groups in total. The van der Waals surface area contributed by atoms with E-state index < -0.39 is 22.2 Å². The molecule has 0 radical (unpaired) electrons. The fourth-order valence-electron chi connectivity index (χ4n) is 2.91. The second kappa shape index (κ2) is 4.56. The Morgan fingerprint density at radius 1 is 1.37 bits per heavy atom. The second-order valence-corrected chi connectivity index (χ2v) is 5.95. The number of anilines is 1. The number of fused-ring (bicyclic) bond motifs is 2. The van der Waals surface area contributed by atoms with Crippen LogP contribution in [0.3, 0.4) is 0 Å². The molecule has 2 unspecified atom stereocenters. The summed E-state index contributed by atoms with van der Waals surface area (Å²) in [7, 11) is 0. The first-order valence-electron chi connectivity index (χ1n) is 6.11. The maximum Gasteiger partial charge on any atom is 0.313 e. The average molecular weight is 284 g/mol. The summed E-state index contributed by atoms with van der Waals surface area (Å²) in [5, 5.41) is 20.3. The summed E-state index contributed by atoms with van der Waals surface area (Å²) in [6.45, 7) is 0. The molecule has 2 aliphatic rings. The number of nitro groups is 1. The van der Waals surface area contributed by atoms with Crippen molar-refractivity contribution in [1.29, 1.82) is 0 Å². The Hall–Kier alpha value is -1.50. The molecule has 0 spiro atoms. The molecule has 19 heavy (non-hydrogen) atoms. The molecule has 0 aromatic heterocycles. The smallest absolute Gasteiger partial charge is 0.313 e.